The van der Waals surface area contributed by atoms with Crippen molar-refractivity contribution >= 4 is 17.3 Å². The van der Waals surface area contributed by atoms with E-state index in [-0.39, 0.29) is 5.05 Å². The van der Waals surface area contributed by atoms with Crippen molar-refractivity contribution < 1.29 is 4.74 Å². The lowest BCUT2D eigenvalue weighted by Crippen LogP contribution is -2.29. The molecule has 3 heteroatoms. The molecule has 0 aliphatic heterocycles. The van der Waals surface area contributed by atoms with Crippen molar-refractivity contribution in [1.29, 1.82) is 0 Å². The second-order valence-electron chi connectivity index (χ2n) is 2.46. The normalized spacial score (nSPS) is 9.60. The minimum Gasteiger partial charge on any atom is -0.480 e. The van der Waals surface area contributed by atoms with E-state index in [1.807, 2.05) is 0 Å². The third kappa shape index (κ3) is 5.54. The fourth-order valence-electron chi connectivity index (χ4n) is 0.263. The van der Waals surface area contributed by atoms with Gasteiger partial charge < -0.3 is 10.5 Å². The number of ether oxygens (including phenoxy) is 1. The van der Waals surface area contributed by atoms with E-state index in [9.17, 15) is 0 Å². The van der Waals surface area contributed by atoms with E-state index in [0.717, 1.165) is 0 Å². The highest BCUT2D eigenvalue weighted by molar-refractivity contribution is 7.80. The highest BCUT2D eigenvalue weighted by Gasteiger charge is 2.03. The van der Waals surface area contributed by atoms with Crippen molar-refractivity contribution in [1.82, 2.24) is 0 Å². The summed E-state index contributed by atoms with van der Waals surface area (Å²) < 4.78 is 4.65. The van der Waals surface area contributed by atoms with Crippen molar-refractivity contribution in [3.05, 3.63) is 0 Å². The van der Waals surface area contributed by atoms with Gasteiger partial charge in [-0.3, -0.25) is 0 Å². The van der Waals surface area contributed by atoms with E-state index < -0.39 is 5.54 Å². The van der Waals surface area contributed by atoms with Gasteiger partial charge in [-0.05, 0) is 32.0 Å². The SMILES string of the molecule is COC(=S)C#CC(C)(C)N. The Balaban J connectivity index is 4.05. The molecule has 0 aromatic heterocycles. The van der Waals surface area contributed by atoms with E-state index in [1.165, 1.54) is 7.11 Å². The third-order valence-corrected chi connectivity index (χ3v) is 0.941. The van der Waals surface area contributed by atoms with Gasteiger partial charge in [0, 0.05) is 0 Å². The summed E-state index contributed by atoms with van der Waals surface area (Å²) in [6.45, 7) is 3.61. The smallest absolute Gasteiger partial charge is 0.237 e. The molecule has 0 atom stereocenters. The quantitative estimate of drug-likeness (QED) is 0.415. The molecule has 0 rings (SSSR count). The maximum atomic E-state index is 5.55. The summed E-state index contributed by atoms with van der Waals surface area (Å²) in [5.41, 5.74) is 5.05. The zero-order valence-electron chi connectivity index (χ0n) is 6.39. The predicted octanol–water partition coefficient (Wildman–Crippen LogP) is 0.701. The second-order valence-corrected chi connectivity index (χ2v) is 2.83. The van der Waals surface area contributed by atoms with E-state index in [4.69, 9.17) is 5.73 Å². The molecule has 0 aromatic carbocycles. The number of rotatable bonds is 0. The number of hydrogen-bond acceptors (Lipinski definition) is 3. The molecule has 0 bridgehead atoms. The Bertz CT molecular complexity index is 182. The molecule has 0 spiro atoms. The summed E-state index contributed by atoms with van der Waals surface area (Å²) in [6.07, 6.45) is 0. The minimum atomic E-state index is -0.497. The van der Waals surface area contributed by atoms with Crippen LogP contribution in [0.5, 0.6) is 0 Å². The first-order valence-corrected chi connectivity index (χ1v) is 3.26. The van der Waals surface area contributed by atoms with Gasteiger partial charge in [0.2, 0.25) is 5.05 Å². The highest BCUT2D eigenvalue weighted by Crippen LogP contribution is 1.91. The average molecular weight is 157 g/mol. The minimum absolute atomic E-state index is 0.276. The van der Waals surface area contributed by atoms with Crippen LogP contribution in [0.25, 0.3) is 0 Å². The van der Waals surface area contributed by atoms with E-state index in [2.05, 4.69) is 28.8 Å². The first-order valence-electron chi connectivity index (χ1n) is 2.86. The van der Waals surface area contributed by atoms with E-state index >= 15 is 0 Å². The number of nitrogens with two attached hydrogens (primary N) is 1. The van der Waals surface area contributed by atoms with Crippen LogP contribution in [0.3, 0.4) is 0 Å². The number of thiocarbonyl (C=S) groups is 1. The van der Waals surface area contributed by atoms with Gasteiger partial charge in [-0.25, -0.2) is 0 Å². The Kier molecular flexibility index (Phi) is 3.34. The third-order valence-electron chi connectivity index (χ3n) is 0.672. The lowest BCUT2D eigenvalue weighted by molar-refractivity contribution is 0.420. The fourth-order valence-corrected chi connectivity index (χ4v) is 0.314. The molecule has 0 aliphatic rings. The number of hydrogen-bond donors (Lipinski definition) is 1. The summed E-state index contributed by atoms with van der Waals surface area (Å²) in [6, 6.07) is 0. The lowest BCUT2D eigenvalue weighted by Gasteiger charge is -2.07. The summed E-state index contributed by atoms with van der Waals surface area (Å²) in [5, 5.41) is 0.276. The van der Waals surface area contributed by atoms with Crippen molar-refractivity contribution in [3.8, 4) is 11.8 Å². The zero-order chi connectivity index (χ0) is 8.20. The standard InChI is InChI=1S/C7H11NOS/c1-7(2,8)5-4-6(10)9-3/h8H2,1-3H3. The summed E-state index contributed by atoms with van der Waals surface area (Å²) in [7, 11) is 1.49. The Morgan fingerprint density at radius 1 is 1.60 bits per heavy atom. The van der Waals surface area contributed by atoms with Crippen LogP contribution in [0, 0.1) is 11.8 Å². The summed E-state index contributed by atoms with van der Waals surface area (Å²) in [4.78, 5) is 0. The van der Waals surface area contributed by atoms with Crippen LogP contribution in [0.2, 0.25) is 0 Å². The van der Waals surface area contributed by atoms with Gasteiger partial charge in [0.1, 0.15) is 0 Å². The molecule has 2 N–H and O–H groups in total. The number of methoxy groups -OCH3 is 1. The molecule has 0 aliphatic carbocycles. The van der Waals surface area contributed by atoms with Gasteiger partial charge in [0.05, 0.1) is 12.6 Å². The van der Waals surface area contributed by atoms with Crippen molar-refractivity contribution in [2.45, 2.75) is 19.4 Å². The van der Waals surface area contributed by atoms with Crippen LogP contribution in [0.4, 0.5) is 0 Å². The zero-order valence-corrected chi connectivity index (χ0v) is 7.21. The van der Waals surface area contributed by atoms with E-state index in [0.29, 0.717) is 0 Å². The van der Waals surface area contributed by atoms with E-state index in [1.54, 1.807) is 13.8 Å². The van der Waals surface area contributed by atoms with Crippen LogP contribution < -0.4 is 5.73 Å². The summed E-state index contributed by atoms with van der Waals surface area (Å²) >= 11 is 4.67. The van der Waals surface area contributed by atoms with Gasteiger partial charge in [0.25, 0.3) is 0 Å². The summed E-state index contributed by atoms with van der Waals surface area (Å²) in [5.74, 6) is 5.34. The lowest BCUT2D eigenvalue weighted by atomic mass is 10.1. The maximum Gasteiger partial charge on any atom is 0.237 e. The van der Waals surface area contributed by atoms with Crippen molar-refractivity contribution in [2.75, 3.05) is 7.11 Å². The molecule has 56 valence electrons. The molecule has 2 nitrogen and oxygen atoms in total. The van der Waals surface area contributed by atoms with Crippen LogP contribution in [-0.4, -0.2) is 17.7 Å². The monoisotopic (exact) mass is 157 g/mol. The molecule has 0 fully saturated rings. The largest absolute Gasteiger partial charge is 0.480 e. The molecule has 0 unspecified atom stereocenters. The highest BCUT2D eigenvalue weighted by atomic mass is 32.1. The Labute approximate surface area is 66.7 Å². The van der Waals surface area contributed by atoms with Crippen LogP contribution in [0.15, 0.2) is 0 Å². The van der Waals surface area contributed by atoms with Gasteiger partial charge in [-0.2, -0.15) is 0 Å². The van der Waals surface area contributed by atoms with Gasteiger partial charge >= 0.3 is 0 Å². The molecule has 0 heterocycles. The molecule has 0 saturated carbocycles. The van der Waals surface area contributed by atoms with Crippen LogP contribution in [-0.2, 0) is 4.74 Å². The van der Waals surface area contributed by atoms with Gasteiger partial charge in [-0.15, -0.1) is 0 Å². The van der Waals surface area contributed by atoms with Gasteiger partial charge in [0.15, 0.2) is 0 Å². The molecule has 0 aromatic rings. The Hall–Kier alpha value is -0.590. The first-order chi connectivity index (χ1) is 4.45. The molecule has 0 amide bonds. The Morgan fingerprint density at radius 3 is 2.40 bits per heavy atom. The average Bonchev–Trinajstić information content (AvgIpc) is 1.81. The predicted molar refractivity (Wildman–Crippen MR) is 45.6 cm³/mol. The van der Waals surface area contributed by atoms with Crippen molar-refractivity contribution in [3.63, 3.8) is 0 Å². The Morgan fingerprint density at radius 2 is 2.10 bits per heavy atom. The second kappa shape index (κ2) is 3.55. The molecule has 10 heavy (non-hydrogen) atoms. The van der Waals surface area contributed by atoms with Crippen molar-refractivity contribution in [2.24, 2.45) is 5.73 Å². The maximum absolute atomic E-state index is 5.55. The molecule has 0 saturated heterocycles. The topological polar surface area (TPSA) is 35.2 Å². The van der Waals surface area contributed by atoms with Gasteiger partial charge in [-0.1, -0.05) is 5.92 Å². The molecular formula is C7H11NOS. The first kappa shape index (κ1) is 9.41. The molecule has 0 radical (unpaired) electrons. The van der Waals surface area contributed by atoms with Crippen LogP contribution >= 0.6 is 12.2 Å². The van der Waals surface area contributed by atoms with Crippen LogP contribution in [0.1, 0.15) is 13.8 Å². The molecular weight excluding hydrogens is 146 g/mol. The fraction of sp³-hybridized carbons (Fsp3) is 0.571.